The molecule has 1 atom stereocenters. The molecule has 0 unspecified atom stereocenters. The molecular weight excluding hydrogens is 283 g/mol. The number of thiocarbonyl (C=S) groups is 1. The zero-order valence-corrected chi connectivity index (χ0v) is 12.8. The smallest absolute Gasteiger partial charge is 0.171 e. The Kier molecular flexibility index (Phi) is 5.69. The van der Waals surface area contributed by atoms with E-state index in [0.717, 1.165) is 12.8 Å². The van der Waals surface area contributed by atoms with E-state index >= 15 is 0 Å². The molecule has 0 saturated carbocycles. The fourth-order valence-electron chi connectivity index (χ4n) is 2.04. The first-order valence-corrected chi connectivity index (χ1v) is 7.42. The van der Waals surface area contributed by atoms with Gasteiger partial charge in [0.05, 0.1) is 5.69 Å². The van der Waals surface area contributed by atoms with Gasteiger partial charge in [-0.25, -0.2) is 4.39 Å². The fourth-order valence-corrected chi connectivity index (χ4v) is 2.36. The van der Waals surface area contributed by atoms with Crippen LogP contribution in [0.2, 0.25) is 0 Å². The molecule has 0 bridgehead atoms. The van der Waals surface area contributed by atoms with Crippen molar-refractivity contribution in [1.29, 1.82) is 0 Å². The summed E-state index contributed by atoms with van der Waals surface area (Å²) < 4.78 is 13.5. The third kappa shape index (κ3) is 5.16. The molecule has 0 heterocycles. The molecule has 21 heavy (non-hydrogen) atoms. The van der Waals surface area contributed by atoms with Crippen molar-refractivity contribution >= 4 is 23.0 Å². The van der Waals surface area contributed by atoms with Gasteiger partial charge in [-0.3, -0.25) is 0 Å². The molecule has 2 N–H and O–H groups in total. The van der Waals surface area contributed by atoms with Gasteiger partial charge in [-0.05, 0) is 49.7 Å². The van der Waals surface area contributed by atoms with Crippen LogP contribution in [-0.4, -0.2) is 11.2 Å². The Bertz CT molecular complexity index is 586. The van der Waals surface area contributed by atoms with E-state index in [9.17, 15) is 4.39 Å². The number of hydrogen-bond acceptors (Lipinski definition) is 1. The van der Waals surface area contributed by atoms with E-state index in [-0.39, 0.29) is 11.9 Å². The lowest BCUT2D eigenvalue weighted by Crippen LogP contribution is -2.36. The Labute approximate surface area is 130 Å². The van der Waals surface area contributed by atoms with Gasteiger partial charge >= 0.3 is 0 Å². The van der Waals surface area contributed by atoms with Gasteiger partial charge in [-0.2, -0.15) is 0 Å². The molecule has 2 nitrogen and oxygen atoms in total. The molecule has 110 valence electrons. The number of benzene rings is 2. The minimum atomic E-state index is -0.307. The lowest BCUT2D eigenvalue weighted by Gasteiger charge is -2.17. The molecule has 2 aromatic carbocycles. The maximum atomic E-state index is 13.5. The summed E-state index contributed by atoms with van der Waals surface area (Å²) in [5.74, 6) is -0.307. The van der Waals surface area contributed by atoms with Crippen molar-refractivity contribution in [2.75, 3.05) is 5.32 Å². The van der Waals surface area contributed by atoms with Crippen LogP contribution in [-0.2, 0) is 6.42 Å². The van der Waals surface area contributed by atoms with Gasteiger partial charge in [0.15, 0.2) is 5.11 Å². The summed E-state index contributed by atoms with van der Waals surface area (Å²) in [6.07, 6.45) is 1.94. The fraction of sp³-hybridized carbons (Fsp3) is 0.235. The van der Waals surface area contributed by atoms with Crippen molar-refractivity contribution in [1.82, 2.24) is 5.32 Å². The summed E-state index contributed by atoms with van der Waals surface area (Å²) in [5, 5.41) is 6.51. The predicted molar refractivity (Wildman–Crippen MR) is 90.0 cm³/mol. The van der Waals surface area contributed by atoms with Crippen molar-refractivity contribution in [2.45, 2.75) is 25.8 Å². The van der Waals surface area contributed by atoms with Crippen LogP contribution in [0.5, 0.6) is 0 Å². The highest BCUT2D eigenvalue weighted by molar-refractivity contribution is 7.80. The molecule has 0 aliphatic heterocycles. The number of nitrogens with one attached hydrogen (secondary N) is 2. The van der Waals surface area contributed by atoms with Crippen LogP contribution in [0.4, 0.5) is 10.1 Å². The zero-order chi connectivity index (χ0) is 15.1. The van der Waals surface area contributed by atoms with Crippen molar-refractivity contribution in [3.8, 4) is 0 Å². The topological polar surface area (TPSA) is 24.1 Å². The normalized spacial score (nSPS) is 11.7. The quantitative estimate of drug-likeness (QED) is 0.812. The Morgan fingerprint density at radius 1 is 1.10 bits per heavy atom. The SMILES string of the molecule is C[C@@H](CCc1ccccc1)NC(=S)Nc1ccccc1F. The van der Waals surface area contributed by atoms with Crippen molar-refractivity contribution < 1.29 is 4.39 Å². The predicted octanol–water partition coefficient (Wildman–Crippen LogP) is 4.13. The monoisotopic (exact) mass is 302 g/mol. The molecule has 0 fully saturated rings. The highest BCUT2D eigenvalue weighted by Crippen LogP contribution is 2.12. The number of halogens is 1. The van der Waals surface area contributed by atoms with E-state index in [2.05, 4.69) is 29.7 Å². The standard InChI is InChI=1S/C17H19FN2S/c1-13(11-12-14-7-3-2-4-8-14)19-17(21)20-16-10-6-5-9-15(16)18/h2-10,13H,11-12H2,1H3,(H2,19,20,21)/t13-/m0/s1. The van der Waals surface area contributed by atoms with E-state index in [1.807, 2.05) is 18.2 Å². The number of hydrogen-bond donors (Lipinski definition) is 2. The van der Waals surface area contributed by atoms with Crippen LogP contribution >= 0.6 is 12.2 Å². The second-order valence-corrected chi connectivity index (χ2v) is 5.41. The highest BCUT2D eigenvalue weighted by atomic mass is 32.1. The molecule has 0 aromatic heterocycles. The number of anilines is 1. The van der Waals surface area contributed by atoms with Gasteiger partial charge in [0, 0.05) is 6.04 Å². The summed E-state index contributed by atoms with van der Waals surface area (Å²) in [4.78, 5) is 0. The Hall–Kier alpha value is -1.94. The summed E-state index contributed by atoms with van der Waals surface area (Å²) >= 11 is 5.21. The summed E-state index contributed by atoms with van der Waals surface area (Å²) in [6.45, 7) is 2.07. The number of aryl methyl sites for hydroxylation is 1. The number of para-hydroxylation sites is 1. The van der Waals surface area contributed by atoms with Crippen molar-refractivity contribution in [3.05, 3.63) is 66.0 Å². The maximum Gasteiger partial charge on any atom is 0.171 e. The molecule has 0 spiro atoms. The molecular formula is C17H19FN2S. The summed E-state index contributed by atoms with van der Waals surface area (Å²) in [5.41, 5.74) is 1.70. The average molecular weight is 302 g/mol. The Morgan fingerprint density at radius 2 is 1.76 bits per heavy atom. The molecule has 2 aromatic rings. The number of rotatable bonds is 5. The maximum absolute atomic E-state index is 13.5. The van der Waals surface area contributed by atoms with E-state index in [1.54, 1.807) is 18.2 Å². The zero-order valence-electron chi connectivity index (χ0n) is 12.0. The molecule has 0 aliphatic carbocycles. The molecule has 0 amide bonds. The Balaban J connectivity index is 1.78. The van der Waals surface area contributed by atoms with Crippen LogP contribution in [0, 0.1) is 5.82 Å². The second kappa shape index (κ2) is 7.74. The van der Waals surface area contributed by atoms with Gasteiger partial charge in [0.1, 0.15) is 5.82 Å². The lowest BCUT2D eigenvalue weighted by molar-refractivity contribution is 0.608. The van der Waals surface area contributed by atoms with E-state index in [0.29, 0.717) is 10.8 Å². The first kappa shape index (κ1) is 15.4. The van der Waals surface area contributed by atoms with Crippen LogP contribution in [0.3, 0.4) is 0 Å². The van der Waals surface area contributed by atoms with Crippen LogP contribution in [0.25, 0.3) is 0 Å². The minimum Gasteiger partial charge on any atom is -0.360 e. The summed E-state index contributed by atoms with van der Waals surface area (Å²) in [6, 6.07) is 17.0. The third-order valence-electron chi connectivity index (χ3n) is 3.21. The van der Waals surface area contributed by atoms with Gasteiger partial charge in [-0.1, -0.05) is 42.5 Å². The van der Waals surface area contributed by atoms with Crippen molar-refractivity contribution in [2.24, 2.45) is 0 Å². The van der Waals surface area contributed by atoms with Gasteiger partial charge in [-0.15, -0.1) is 0 Å². The minimum absolute atomic E-state index is 0.219. The highest BCUT2D eigenvalue weighted by Gasteiger charge is 2.07. The Morgan fingerprint density at radius 3 is 2.48 bits per heavy atom. The average Bonchev–Trinajstić information content (AvgIpc) is 2.48. The lowest BCUT2D eigenvalue weighted by atomic mass is 10.1. The van der Waals surface area contributed by atoms with Gasteiger partial charge < -0.3 is 10.6 Å². The van der Waals surface area contributed by atoms with Gasteiger partial charge in [0.25, 0.3) is 0 Å². The molecule has 0 radical (unpaired) electrons. The van der Waals surface area contributed by atoms with Crippen LogP contribution in [0.1, 0.15) is 18.9 Å². The van der Waals surface area contributed by atoms with Gasteiger partial charge in [0.2, 0.25) is 0 Å². The molecule has 2 rings (SSSR count). The third-order valence-corrected chi connectivity index (χ3v) is 3.43. The van der Waals surface area contributed by atoms with E-state index < -0.39 is 0 Å². The molecule has 0 aliphatic rings. The van der Waals surface area contributed by atoms with Crippen LogP contribution in [0.15, 0.2) is 54.6 Å². The van der Waals surface area contributed by atoms with E-state index in [1.165, 1.54) is 11.6 Å². The first-order valence-electron chi connectivity index (χ1n) is 7.01. The summed E-state index contributed by atoms with van der Waals surface area (Å²) in [7, 11) is 0. The second-order valence-electron chi connectivity index (χ2n) is 5.00. The van der Waals surface area contributed by atoms with E-state index in [4.69, 9.17) is 12.2 Å². The van der Waals surface area contributed by atoms with Crippen molar-refractivity contribution in [3.63, 3.8) is 0 Å². The van der Waals surface area contributed by atoms with Crippen LogP contribution < -0.4 is 10.6 Å². The first-order chi connectivity index (χ1) is 10.1. The molecule has 4 heteroatoms. The molecule has 0 saturated heterocycles. The largest absolute Gasteiger partial charge is 0.360 e.